The summed E-state index contributed by atoms with van der Waals surface area (Å²) in [5.41, 5.74) is 3.21. The normalized spacial score (nSPS) is 11.3. The molecule has 4 rings (SSSR count). The van der Waals surface area contributed by atoms with E-state index in [9.17, 15) is 4.39 Å². The van der Waals surface area contributed by atoms with Gasteiger partial charge in [-0.1, -0.05) is 23.7 Å². The number of aryl methyl sites for hydroxylation is 1. The van der Waals surface area contributed by atoms with E-state index in [1.807, 2.05) is 25.4 Å². The molecule has 0 atom stereocenters. The maximum atomic E-state index is 13.8. The summed E-state index contributed by atoms with van der Waals surface area (Å²) in [6.45, 7) is 1.97. The summed E-state index contributed by atoms with van der Waals surface area (Å²) >= 11 is 7.74. The van der Waals surface area contributed by atoms with Crippen molar-refractivity contribution < 1.29 is 4.39 Å². The van der Waals surface area contributed by atoms with Crippen molar-refractivity contribution in [1.82, 2.24) is 15.0 Å². The second-order valence-corrected chi connectivity index (χ2v) is 6.78. The van der Waals surface area contributed by atoms with E-state index in [-0.39, 0.29) is 5.02 Å². The Morgan fingerprint density at radius 3 is 2.83 bits per heavy atom. The molecule has 0 aliphatic carbocycles. The Bertz CT molecular complexity index is 1020. The van der Waals surface area contributed by atoms with Crippen LogP contribution in [0, 0.1) is 12.7 Å². The van der Waals surface area contributed by atoms with Gasteiger partial charge in [0.25, 0.3) is 0 Å². The molecule has 0 spiro atoms. The number of pyridine rings is 1. The van der Waals surface area contributed by atoms with Gasteiger partial charge in [-0.15, -0.1) is 11.3 Å². The van der Waals surface area contributed by atoms with Crippen LogP contribution < -0.4 is 0 Å². The fraction of sp³-hybridized carbons (Fsp3) is 0.0588. The van der Waals surface area contributed by atoms with Crippen molar-refractivity contribution in [2.75, 3.05) is 0 Å². The topological polar surface area (TPSA) is 41.6 Å². The van der Waals surface area contributed by atoms with Crippen LogP contribution >= 0.6 is 22.9 Å². The van der Waals surface area contributed by atoms with Crippen LogP contribution in [-0.4, -0.2) is 15.0 Å². The minimum atomic E-state index is -0.430. The molecule has 23 heavy (non-hydrogen) atoms. The molecule has 0 fully saturated rings. The standard InChI is InChI=1S/C17H11ClFN3S/c1-9-20-8-15(23-9)10-5-12-13(7-22-17(12)21-6-10)11-3-2-4-14(19)16(11)18/h2-8H,1H3,(H,21,22). The van der Waals surface area contributed by atoms with Crippen molar-refractivity contribution >= 4 is 34.0 Å². The predicted octanol–water partition coefficient (Wildman–Crippen LogP) is 5.45. The number of fused-ring (bicyclic) bond motifs is 1. The van der Waals surface area contributed by atoms with Gasteiger partial charge in [-0.05, 0) is 19.1 Å². The first kappa shape index (κ1) is 14.4. The molecular formula is C17H11ClFN3S. The Morgan fingerprint density at radius 1 is 1.17 bits per heavy atom. The van der Waals surface area contributed by atoms with Gasteiger partial charge in [0.15, 0.2) is 0 Å². The van der Waals surface area contributed by atoms with Crippen LogP contribution in [0.4, 0.5) is 4.39 Å². The summed E-state index contributed by atoms with van der Waals surface area (Å²) in [6.07, 6.45) is 5.45. The van der Waals surface area contributed by atoms with Crippen LogP contribution in [0.2, 0.25) is 5.02 Å². The summed E-state index contributed by atoms with van der Waals surface area (Å²) in [7, 11) is 0. The van der Waals surface area contributed by atoms with E-state index in [4.69, 9.17) is 11.6 Å². The van der Waals surface area contributed by atoms with Crippen molar-refractivity contribution in [2.24, 2.45) is 0 Å². The number of rotatable bonds is 2. The first-order valence-corrected chi connectivity index (χ1v) is 8.17. The smallest absolute Gasteiger partial charge is 0.142 e. The van der Waals surface area contributed by atoms with Crippen molar-refractivity contribution in [1.29, 1.82) is 0 Å². The molecular weight excluding hydrogens is 333 g/mol. The Hall–Kier alpha value is -2.24. The van der Waals surface area contributed by atoms with Gasteiger partial charge in [-0.25, -0.2) is 14.4 Å². The third-order valence-electron chi connectivity index (χ3n) is 3.68. The summed E-state index contributed by atoms with van der Waals surface area (Å²) in [4.78, 5) is 12.9. The monoisotopic (exact) mass is 343 g/mol. The maximum Gasteiger partial charge on any atom is 0.142 e. The molecule has 0 aliphatic heterocycles. The van der Waals surface area contributed by atoms with Crippen LogP contribution in [0.25, 0.3) is 32.6 Å². The van der Waals surface area contributed by atoms with Gasteiger partial charge in [-0.2, -0.15) is 0 Å². The van der Waals surface area contributed by atoms with E-state index in [1.165, 1.54) is 6.07 Å². The minimum absolute atomic E-state index is 0.118. The van der Waals surface area contributed by atoms with E-state index in [0.717, 1.165) is 32.0 Å². The fourth-order valence-corrected chi connectivity index (χ4v) is 3.55. The van der Waals surface area contributed by atoms with Gasteiger partial charge in [0, 0.05) is 40.7 Å². The third kappa shape index (κ3) is 2.42. The fourth-order valence-electron chi connectivity index (χ4n) is 2.57. The Labute approximate surface area is 140 Å². The van der Waals surface area contributed by atoms with Gasteiger partial charge in [-0.3, -0.25) is 0 Å². The van der Waals surface area contributed by atoms with Crippen LogP contribution in [0.3, 0.4) is 0 Å². The SMILES string of the molecule is Cc1ncc(-c2cnc3[nH]cc(-c4cccc(F)c4Cl)c3c2)s1. The Morgan fingerprint density at radius 2 is 2.04 bits per heavy atom. The molecule has 0 unspecified atom stereocenters. The molecule has 0 aliphatic rings. The highest BCUT2D eigenvalue weighted by Crippen LogP contribution is 2.36. The van der Waals surface area contributed by atoms with Gasteiger partial charge >= 0.3 is 0 Å². The summed E-state index contributed by atoms with van der Waals surface area (Å²) in [5.74, 6) is -0.430. The predicted molar refractivity (Wildman–Crippen MR) is 92.3 cm³/mol. The average Bonchev–Trinajstić information content (AvgIpc) is 3.16. The number of nitrogens with zero attached hydrogens (tertiary/aromatic N) is 2. The molecule has 3 aromatic heterocycles. The second kappa shape index (κ2) is 5.44. The number of H-pyrrole nitrogens is 1. The summed E-state index contributed by atoms with van der Waals surface area (Å²) in [5, 5.41) is 2.02. The number of thiazole rings is 1. The number of nitrogens with one attached hydrogen (secondary N) is 1. The van der Waals surface area contributed by atoms with Crippen molar-refractivity contribution in [3.63, 3.8) is 0 Å². The molecule has 114 valence electrons. The average molecular weight is 344 g/mol. The Kier molecular flexibility index (Phi) is 3.39. The maximum absolute atomic E-state index is 13.8. The third-order valence-corrected chi connectivity index (χ3v) is 5.02. The number of halogens is 2. The van der Waals surface area contributed by atoms with E-state index in [2.05, 4.69) is 15.0 Å². The molecule has 0 amide bonds. The molecule has 4 aromatic rings. The molecule has 6 heteroatoms. The highest BCUT2D eigenvalue weighted by molar-refractivity contribution is 7.15. The van der Waals surface area contributed by atoms with Crippen molar-refractivity contribution in [3.05, 3.63) is 58.7 Å². The molecule has 0 bridgehead atoms. The quantitative estimate of drug-likeness (QED) is 0.525. The molecule has 0 saturated carbocycles. The lowest BCUT2D eigenvalue weighted by atomic mass is 10.0. The molecule has 3 nitrogen and oxygen atoms in total. The largest absolute Gasteiger partial charge is 0.346 e. The van der Waals surface area contributed by atoms with Crippen LogP contribution in [0.15, 0.2) is 42.9 Å². The van der Waals surface area contributed by atoms with Crippen LogP contribution in [-0.2, 0) is 0 Å². The number of aromatic nitrogens is 3. The first-order chi connectivity index (χ1) is 11.1. The number of hydrogen-bond acceptors (Lipinski definition) is 3. The first-order valence-electron chi connectivity index (χ1n) is 6.98. The van der Waals surface area contributed by atoms with Crippen LogP contribution in [0.5, 0.6) is 0 Å². The lowest BCUT2D eigenvalue weighted by molar-refractivity contribution is 0.629. The highest BCUT2D eigenvalue weighted by atomic mass is 35.5. The zero-order valence-electron chi connectivity index (χ0n) is 12.1. The molecule has 0 radical (unpaired) electrons. The molecule has 0 saturated heterocycles. The van der Waals surface area contributed by atoms with Gasteiger partial charge in [0.2, 0.25) is 0 Å². The summed E-state index contributed by atoms with van der Waals surface area (Å²) in [6, 6.07) is 6.84. The van der Waals surface area contributed by atoms with Gasteiger partial charge in [0.05, 0.1) is 14.9 Å². The lowest BCUT2D eigenvalue weighted by Gasteiger charge is -2.04. The van der Waals surface area contributed by atoms with Gasteiger partial charge < -0.3 is 4.98 Å². The Balaban J connectivity index is 1.93. The van der Waals surface area contributed by atoms with Gasteiger partial charge in [0.1, 0.15) is 11.5 Å². The highest BCUT2D eigenvalue weighted by Gasteiger charge is 2.14. The van der Waals surface area contributed by atoms with E-state index < -0.39 is 5.82 Å². The zero-order valence-corrected chi connectivity index (χ0v) is 13.7. The minimum Gasteiger partial charge on any atom is -0.346 e. The van der Waals surface area contributed by atoms with Crippen molar-refractivity contribution in [2.45, 2.75) is 6.92 Å². The second-order valence-electron chi connectivity index (χ2n) is 5.17. The van der Waals surface area contributed by atoms with E-state index in [1.54, 1.807) is 29.7 Å². The van der Waals surface area contributed by atoms with Crippen LogP contribution in [0.1, 0.15) is 5.01 Å². The van der Waals surface area contributed by atoms with E-state index in [0.29, 0.717) is 5.56 Å². The summed E-state index contributed by atoms with van der Waals surface area (Å²) < 4.78 is 13.8. The number of hydrogen-bond donors (Lipinski definition) is 1. The molecule has 3 heterocycles. The number of benzene rings is 1. The lowest BCUT2D eigenvalue weighted by Crippen LogP contribution is -1.84. The number of aromatic amines is 1. The zero-order chi connectivity index (χ0) is 16.0. The molecule has 1 aromatic carbocycles. The van der Waals surface area contributed by atoms with Crippen molar-refractivity contribution in [3.8, 4) is 21.6 Å². The molecule has 1 N–H and O–H groups in total. The van der Waals surface area contributed by atoms with E-state index >= 15 is 0 Å².